The number of nitrogens with zero attached hydrogens (tertiary/aromatic N) is 4. The molecule has 0 radical (unpaired) electrons. The summed E-state index contributed by atoms with van der Waals surface area (Å²) in [6, 6.07) is 5.07. The van der Waals surface area contributed by atoms with E-state index in [2.05, 4.69) is 20.3 Å². The van der Waals surface area contributed by atoms with E-state index in [0.717, 1.165) is 61.5 Å². The molecule has 1 fully saturated rings. The molecule has 162 valence electrons. The number of nitrogens with one attached hydrogen (secondary N) is 1. The van der Waals surface area contributed by atoms with Crippen molar-refractivity contribution >= 4 is 17.9 Å². The average Bonchev–Trinajstić information content (AvgIpc) is 3.23. The molecule has 1 unspecified atom stereocenters. The maximum atomic E-state index is 12.7. The lowest BCUT2D eigenvalue weighted by Gasteiger charge is -2.32. The molecular formula is C24H29N5O2. The molecule has 2 aromatic heterocycles. The summed E-state index contributed by atoms with van der Waals surface area (Å²) in [5.74, 6) is 0.697. The van der Waals surface area contributed by atoms with Crippen LogP contribution in [0.1, 0.15) is 48.2 Å². The summed E-state index contributed by atoms with van der Waals surface area (Å²) in [6.45, 7) is 4.17. The summed E-state index contributed by atoms with van der Waals surface area (Å²) in [5, 5.41) is 4.75. The van der Waals surface area contributed by atoms with Gasteiger partial charge in [-0.2, -0.15) is 0 Å². The normalized spacial score (nSPS) is 18.1. The molecule has 2 aliphatic heterocycles. The highest BCUT2D eigenvalue weighted by molar-refractivity contribution is 5.95. The van der Waals surface area contributed by atoms with Crippen LogP contribution in [0.25, 0.3) is 6.08 Å². The smallest absolute Gasteiger partial charge is 0.255 e. The number of carbonyl (C=O) groups is 2. The number of aryl methyl sites for hydroxylation is 1. The van der Waals surface area contributed by atoms with Gasteiger partial charge in [-0.1, -0.05) is 12.8 Å². The number of piperidine rings is 1. The summed E-state index contributed by atoms with van der Waals surface area (Å²) in [4.78, 5) is 39.7. The van der Waals surface area contributed by atoms with Crippen LogP contribution in [0.15, 0.2) is 41.8 Å². The number of amides is 2. The molecule has 0 aromatic carbocycles. The predicted molar refractivity (Wildman–Crippen MR) is 118 cm³/mol. The third kappa shape index (κ3) is 5.16. The molecule has 4 rings (SSSR count). The van der Waals surface area contributed by atoms with Crippen molar-refractivity contribution in [2.75, 3.05) is 19.6 Å². The lowest BCUT2D eigenvalue weighted by molar-refractivity contribution is -0.121. The summed E-state index contributed by atoms with van der Waals surface area (Å²) in [5.41, 5.74) is 1.50. The Balaban J connectivity index is 1.13. The zero-order chi connectivity index (χ0) is 21.6. The van der Waals surface area contributed by atoms with Gasteiger partial charge in [-0.05, 0) is 56.4 Å². The standard InChI is InChI=1S/C24H29N5O2/c1-17-20(6-4-11-26-17)24(31)29-13-8-18(9-14-29)5-2-3-10-27-23(30)22-15-19-16-25-12-7-21(19)28-22/h4,6-7,11-12,15-16,18,22H,2-3,5,8-10,13-14H2,1H3,(H,27,30). The molecule has 1 saturated heterocycles. The quantitative estimate of drug-likeness (QED) is 0.688. The van der Waals surface area contributed by atoms with Crippen molar-refractivity contribution in [1.82, 2.24) is 20.2 Å². The number of pyridine rings is 2. The first-order valence-corrected chi connectivity index (χ1v) is 11.1. The minimum atomic E-state index is -0.440. The highest BCUT2D eigenvalue weighted by Gasteiger charge is 2.24. The fourth-order valence-electron chi connectivity index (χ4n) is 4.32. The number of hydrogen-bond acceptors (Lipinski definition) is 5. The summed E-state index contributed by atoms with van der Waals surface area (Å²) < 4.78 is 0. The lowest BCUT2D eigenvalue weighted by atomic mass is 9.91. The van der Waals surface area contributed by atoms with Gasteiger partial charge in [0.05, 0.1) is 10.9 Å². The molecule has 1 N–H and O–H groups in total. The third-order valence-corrected chi connectivity index (χ3v) is 6.19. The van der Waals surface area contributed by atoms with Crippen molar-refractivity contribution in [2.24, 2.45) is 10.9 Å². The van der Waals surface area contributed by atoms with E-state index in [9.17, 15) is 9.59 Å². The van der Waals surface area contributed by atoms with Crippen molar-refractivity contribution in [3.63, 3.8) is 0 Å². The van der Waals surface area contributed by atoms with E-state index in [1.807, 2.05) is 36.1 Å². The first kappa shape index (κ1) is 21.2. The van der Waals surface area contributed by atoms with E-state index in [0.29, 0.717) is 18.0 Å². The van der Waals surface area contributed by atoms with Crippen molar-refractivity contribution in [1.29, 1.82) is 0 Å². The van der Waals surface area contributed by atoms with Crippen molar-refractivity contribution in [3.8, 4) is 0 Å². The number of hydrogen-bond donors (Lipinski definition) is 1. The number of rotatable bonds is 7. The Morgan fingerprint density at radius 1 is 1.16 bits per heavy atom. The molecule has 2 aliphatic rings. The van der Waals surface area contributed by atoms with Gasteiger partial charge in [-0.15, -0.1) is 0 Å². The van der Waals surface area contributed by atoms with Gasteiger partial charge >= 0.3 is 0 Å². The third-order valence-electron chi connectivity index (χ3n) is 6.19. The molecular weight excluding hydrogens is 390 g/mol. The lowest BCUT2D eigenvalue weighted by Crippen LogP contribution is -2.38. The van der Waals surface area contributed by atoms with Crippen LogP contribution in [0.2, 0.25) is 0 Å². The van der Waals surface area contributed by atoms with Gasteiger partial charge in [-0.3, -0.25) is 24.5 Å². The van der Waals surface area contributed by atoms with Crippen molar-refractivity contribution in [2.45, 2.75) is 45.1 Å². The molecule has 31 heavy (non-hydrogen) atoms. The van der Waals surface area contributed by atoms with Crippen LogP contribution in [-0.4, -0.2) is 52.4 Å². The molecule has 7 nitrogen and oxygen atoms in total. The predicted octanol–water partition coefficient (Wildman–Crippen LogP) is 1.41. The van der Waals surface area contributed by atoms with Crippen LogP contribution in [-0.2, 0) is 4.79 Å². The SMILES string of the molecule is Cc1ncccc1C(=O)N1CCC(CCCCNC(=O)C2C=c3cnccc3=N2)CC1. The Labute approximate surface area is 182 Å². The minimum Gasteiger partial charge on any atom is -0.354 e. The Morgan fingerprint density at radius 2 is 2.00 bits per heavy atom. The Bertz CT molecular complexity index is 1020. The number of fused-ring (bicyclic) bond motifs is 1. The second-order valence-electron chi connectivity index (χ2n) is 8.33. The topological polar surface area (TPSA) is 87.5 Å². The van der Waals surface area contributed by atoms with Crippen LogP contribution in [0.5, 0.6) is 0 Å². The number of aromatic nitrogens is 2. The highest BCUT2D eigenvalue weighted by Crippen LogP contribution is 2.24. The number of unbranched alkanes of at least 4 members (excludes halogenated alkanes) is 1. The number of carbonyl (C=O) groups excluding carboxylic acids is 2. The van der Waals surface area contributed by atoms with Crippen LogP contribution in [0.4, 0.5) is 0 Å². The summed E-state index contributed by atoms with van der Waals surface area (Å²) in [6.07, 6.45) is 12.3. The molecule has 0 bridgehead atoms. The monoisotopic (exact) mass is 419 g/mol. The average molecular weight is 420 g/mol. The van der Waals surface area contributed by atoms with Crippen molar-refractivity contribution < 1.29 is 9.59 Å². The van der Waals surface area contributed by atoms with Crippen molar-refractivity contribution in [3.05, 3.63) is 58.6 Å². The zero-order valence-corrected chi connectivity index (χ0v) is 18.0. The van der Waals surface area contributed by atoms with Crippen LogP contribution < -0.4 is 15.9 Å². The largest absolute Gasteiger partial charge is 0.354 e. The van der Waals surface area contributed by atoms with Gasteiger partial charge < -0.3 is 10.2 Å². The summed E-state index contributed by atoms with van der Waals surface area (Å²) >= 11 is 0. The van der Waals surface area contributed by atoms with Gasteiger partial charge in [0, 0.05) is 49.1 Å². The van der Waals surface area contributed by atoms with E-state index in [-0.39, 0.29) is 11.8 Å². The fourth-order valence-corrected chi connectivity index (χ4v) is 4.32. The summed E-state index contributed by atoms with van der Waals surface area (Å²) in [7, 11) is 0. The maximum Gasteiger partial charge on any atom is 0.255 e. The molecule has 2 aromatic rings. The van der Waals surface area contributed by atoms with Gasteiger partial charge in [0.2, 0.25) is 5.91 Å². The molecule has 1 atom stereocenters. The maximum absolute atomic E-state index is 12.7. The molecule has 0 aliphatic carbocycles. The van der Waals surface area contributed by atoms with Gasteiger partial charge in [0.15, 0.2) is 0 Å². The molecule has 0 saturated carbocycles. The highest BCUT2D eigenvalue weighted by atomic mass is 16.2. The van der Waals surface area contributed by atoms with E-state index >= 15 is 0 Å². The van der Waals surface area contributed by atoms with Gasteiger partial charge in [-0.25, -0.2) is 0 Å². The molecule has 2 amide bonds. The van der Waals surface area contributed by atoms with Crippen LogP contribution >= 0.6 is 0 Å². The Hall–Kier alpha value is -3.09. The first-order chi connectivity index (χ1) is 15.1. The minimum absolute atomic E-state index is 0.0475. The zero-order valence-electron chi connectivity index (χ0n) is 18.0. The van der Waals surface area contributed by atoms with E-state index < -0.39 is 6.04 Å². The van der Waals surface area contributed by atoms with Crippen LogP contribution in [0.3, 0.4) is 0 Å². The molecule has 4 heterocycles. The molecule has 0 spiro atoms. The second kappa shape index (κ2) is 9.81. The molecule has 7 heteroatoms. The van der Waals surface area contributed by atoms with Crippen LogP contribution in [0, 0.1) is 12.8 Å². The van der Waals surface area contributed by atoms with Gasteiger partial charge in [0.25, 0.3) is 5.91 Å². The van der Waals surface area contributed by atoms with E-state index in [1.54, 1.807) is 18.6 Å². The Kier molecular flexibility index (Phi) is 6.70. The fraction of sp³-hybridized carbons (Fsp3) is 0.458. The number of likely N-dealkylation sites (tertiary alicyclic amines) is 1. The Morgan fingerprint density at radius 3 is 2.77 bits per heavy atom. The van der Waals surface area contributed by atoms with Gasteiger partial charge in [0.1, 0.15) is 6.04 Å². The van der Waals surface area contributed by atoms with E-state index in [1.165, 1.54) is 0 Å². The van der Waals surface area contributed by atoms with E-state index in [4.69, 9.17) is 0 Å². The second-order valence-corrected chi connectivity index (χ2v) is 8.33. The first-order valence-electron chi connectivity index (χ1n) is 11.1.